The lowest BCUT2D eigenvalue weighted by molar-refractivity contribution is 0.292. The molecule has 1 aliphatic heterocycles. The van der Waals surface area contributed by atoms with E-state index in [1.807, 2.05) is 0 Å². The van der Waals surface area contributed by atoms with Crippen LogP contribution in [0.4, 0.5) is 0 Å². The number of hydrogen-bond acceptors (Lipinski definition) is 3. The topological polar surface area (TPSA) is 49.4 Å². The molecule has 1 aliphatic rings. The molecule has 0 saturated carbocycles. The van der Waals surface area contributed by atoms with E-state index in [2.05, 4.69) is 40.8 Å². The van der Waals surface area contributed by atoms with E-state index < -0.39 is 10.0 Å². The molecule has 0 atom stereocenters. The van der Waals surface area contributed by atoms with Crippen LogP contribution >= 0.6 is 0 Å². The molecular weight excluding hydrogens is 236 g/mol. The minimum absolute atomic E-state index is 0.193. The largest absolute Gasteiger partial charge is 0.297 e. The molecule has 1 N–H and O–H groups in total. The fourth-order valence-electron chi connectivity index (χ4n) is 1.90. The van der Waals surface area contributed by atoms with Gasteiger partial charge in [0.15, 0.2) is 0 Å². The number of benzene rings is 1. The highest BCUT2D eigenvalue weighted by Gasteiger charge is 2.18. The van der Waals surface area contributed by atoms with E-state index in [1.54, 1.807) is 0 Å². The van der Waals surface area contributed by atoms with Crippen LogP contribution in [-0.4, -0.2) is 38.7 Å². The molecule has 0 aromatic heterocycles. The monoisotopic (exact) mass is 254 g/mol. The maximum atomic E-state index is 11.4. The first kappa shape index (κ1) is 12.5. The van der Waals surface area contributed by atoms with Gasteiger partial charge in [-0.2, -0.15) is 0 Å². The van der Waals surface area contributed by atoms with Gasteiger partial charge >= 0.3 is 0 Å². The van der Waals surface area contributed by atoms with Crippen LogP contribution in [0.5, 0.6) is 0 Å². The molecule has 1 fully saturated rings. The summed E-state index contributed by atoms with van der Waals surface area (Å²) in [6.45, 7) is 4.76. The molecule has 0 bridgehead atoms. The van der Waals surface area contributed by atoms with Crippen molar-refractivity contribution in [3.8, 4) is 0 Å². The zero-order chi connectivity index (χ0) is 12.3. The lowest BCUT2D eigenvalue weighted by atomic mass is 10.1. The molecule has 0 amide bonds. The van der Waals surface area contributed by atoms with Crippen LogP contribution in [0.2, 0.25) is 0 Å². The molecule has 17 heavy (non-hydrogen) atoms. The van der Waals surface area contributed by atoms with Gasteiger partial charge in [-0.15, -0.1) is 0 Å². The highest BCUT2D eigenvalue weighted by Crippen LogP contribution is 2.08. The summed E-state index contributed by atoms with van der Waals surface area (Å²) in [7, 11) is -3.04. The summed E-state index contributed by atoms with van der Waals surface area (Å²) in [6, 6.07) is 8.37. The summed E-state index contributed by atoms with van der Waals surface area (Å²) in [4.78, 5) is 2.17. The number of rotatable bonds is 2. The van der Waals surface area contributed by atoms with Gasteiger partial charge in [-0.25, -0.2) is 13.1 Å². The highest BCUT2D eigenvalue weighted by atomic mass is 32.2. The Labute approximate surface area is 103 Å². The van der Waals surface area contributed by atoms with Gasteiger partial charge in [-0.1, -0.05) is 29.8 Å². The second kappa shape index (κ2) is 5.16. The average Bonchev–Trinajstić information content (AvgIpc) is 2.44. The molecule has 5 heteroatoms. The summed E-state index contributed by atoms with van der Waals surface area (Å²) in [5.41, 5.74) is 2.48. The lowest BCUT2D eigenvalue weighted by Gasteiger charge is -2.18. The lowest BCUT2D eigenvalue weighted by Crippen LogP contribution is -2.28. The van der Waals surface area contributed by atoms with Crippen molar-refractivity contribution >= 4 is 10.0 Å². The minimum Gasteiger partial charge on any atom is -0.297 e. The Morgan fingerprint density at radius 2 is 1.94 bits per heavy atom. The Kier molecular flexibility index (Phi) is 3.81. The first-order chi connectivity index (χ1) is 8.05. The SMILES string of the molecule is Cc1ccc(CN2CCNS(=O)(=O)CC2)cc1. The smallest absolute Gasteiger partial charge is 0.212 e. The second-order valence-electron chi connectivity index (χ2n) is 4.47. The number of aryl methyl sites for hydroxylation is 1. The fourth-order valence-corrected chi connectivity index (χ4v) is 2.95. The van der Waals surface area contributed by atoms with Gasteiger partial charge in [0.2, 0.25) is 10.0 Å². The molecule has 0 unspecified atom stereocenters. The first-order valence-corrected chi connectivity index (χ1v) is 7.46. The summed E-state index contributed by atoms with van der Waals surface area (Å²) in [5, 5.41) is 0. The Morgan fingerprint density at radius 3 is 2.65 bits per heavy atom. The molecule has 2 rings (SSSR count). The van der Waals surface area contributed by atoms with Crippen molar-refractivity contribution in [1.82, 2.24) is 9.62 Å². The van der Waals surface area contributed by atoms with Crippen molar-refractivity contribution < 1.29 is 8.42 Å². The third kappa shape index (κ3) is 3.80. The predicted octanol–water partition coefficient (Wildman–Crippen LogP) is 0.730. The molecule has 1 aromatic rings. The molecule has 94 valence electrons. The third-order valence-corrected chi connectivity index (χ3v) is 4.32. The van der Waals surface area contributed by atoms with Crippen LogP contribution < -0.4 is 4.72 Å². The van der Waals surface area contributed by atoms with Crippen molar-refractivity contribution in [3.63, 3.8) is 0 Å². The predicted molar refractivity (Wildman–Crippen MR) is 68.2 cm³/mol. The van der Waals surface area contributed by atoms with Crippen molar-refractivity contribution in [3.05, 3.63) is 35.4 Å². The van der Waals surface area contributed by atoms with Gasteiger partial charge in [0.1, 0.15) is 0 Å². The van der Waals surface area contributed by atoms with Crippen LogP contribution in [0.15, 0.2) is 24.3 Å². The molecule has 1 heterocycles. The normalized spacial score (nSPS) is 21.0. The highest BCUT2D eigenvalue weighted by molar-refractivity contribution is 7.89. The van der Waals surface area contributed by atoms with Gasteiger partial charge in [0, 0.05) is 26.2 Å². The van der Waals surface area contributed by atoms with Gasteiger partial charge in [-0.3, -0.25) is 4.90 Å². The van der Waals surface area contributed by atoms with E-state index in [0.29, 0.717) is 13.1 Å². The van der Waals surface area contributed by atoms with Crippen LogP contribution in [0.1, 0.15) is 11.1 Å². The third-order valence-electron chi connectivity index (χ3n) is 2.95. The van der Waals surface area contributed by atoms with Crippen LogP contribution in [-0.2, 0) is 16.6 Å². The number of nitrogens with one attached hydrogen (secondary N) is 1. The van der Waals surface area contributed by atoms with Gasteiger partial charge in [-0.05, 0) is 12.5 Å². The zero-order valence-electron chi connectivity index (χ0n) is 10.0. The number of sulfonamides is 1. The Morgan fingerprint density at radius 1 is 1.24 bits per heavy atom. The fraction of sp³-hybridized carbons (Fsp3) is 0.500. The Hall–Kier alpha value is -0.910. The molecular formula is C12H18N2O2S. The van der Waals surface area contributed by atoms with E-state index in [9.17, 15) is 8.42 Å². The molecule has 4 nitrogen and oxygen atoms in total. The van der Waals surface area contributed by atoms with Crippen LogP contribution in [0.25, 0.3) is 0 Å². The molecule has 1 aromatic carbocycles. The van der Waals surface area contributed by atoms with E-state index >= 15 is 0 Å². The van der Waals surface area contributed by atoms with Gasteiger partial charge < -0.3 is 0 Å². The minimum atomic E-state index is -3.04. The quantitative estimate of drug-likeness (QED) is 0.846. The van der Waals surface area contributed by atoms with Gasteiger partial charge in [0.25, 0.3) is 0 Å². The number of nitrogens with zero attached hydrogens (tertiary/aromatic N) is 1. The second-order valence-corrected chi connectivity index (χ2v) is 6.40. The molecule has 0 aliphatic carbocycles. The summed E-state index contributed by atoms with van der Waals surface area (Å²) >= 11 is 0. The number of hydrogen-bond donors (Lipinski definition) is 1. The van der Waals surface area contributed by atoms with Crippen molar-refractivity contribution in [2.45, 2.75) is 13.5 Å². The van der Waals surface area contributed by atoms with Gasteiger partial charge in [0.05, 0.1) is 5.75 Å². The maximum absolute atomic E-state index is 11.4. The zero-order valence-corrected chi connectivity index (χ0v) is 10.8. The van der Waals surface area contributed by atoms with Crippen LogP contribution in [0.3, 0.4) is 0 Å². The van der Waals surface area contributed by atoms with Crippen molar-refractivity contribution in [2.75, 3.05) is 25.4 Å². The van der Waals surface area contributed by atoms with E-state index in [-0.39, 0.29) is 5.75 Å². The first-order valence-electron chi connectivity index (χ1n) is 5.80. The van der Waals surface area contributed by atoms with Crippen molar-refractivity contribution in [1.29, 1.82) is 0 Å². The Bertz CT molecular complexity index is 468. The average molecular weight is 254 g/mol. The van der Waals surface area contributed by atoms with E-state index in [4.69, 9.17) is 0 Å². The molecule has 1 saturated heterocycles. The maximum Gasteiger partial charge on any atom is 0.212 e. The van der Waals surface area contributed by atoms with E-state index in [0.717, 1.165) is 13.1 Å². The molecule has 0 radical (unpaired) electrons. The molecule has 0 spiro atoms. The van der Waals surface area contributed by atoms with Crippen molar-refractivity contribution in [2.24, 2.45) is 0 Å². The summed E-state index contributed by atoms with van der Waals surface area (Å²) in [6.07, 6.45) is 0. The van der Waals surface area contributed by atoms with E-state index in [1.165, 1.54) is 11.1 Å². The summed E-state index contributed by atoms with van der Waals surface area (Å²) < 4.78 is 25.3. The standard InChI is InChI=1S/C12H18N2O2S/c1-11-2-4-12(5-3-11)10-14-7-6-13-17(15,16)9-8-14/h2-5,13H,6-10H2,1H3. The van der Waals surface area contributed by atoms with Crippen LogP contribution in [0, 0.1) is 6.92 Å². The Balaban J connectivity index is 1.97. The summed E-state index contributed by atoms with van der Waals surface area (Å²) in [5.74, 6) is 0.193.